The fraction of sp³-hybridized carbons (Fsp3) is 0.429. The number of benzene rings is 1. The van der Waals surface area contributed by atoms with E-state index in [4.69, 9.17) is 0 Å². The van der Waals surface area contributed by atoms with E-state index < -0.39 is 24.0 Å². The number of carbonyl (C=O) groups is 3. The first-order valence-corrected chi connectivity index (χ1v) is 10.00. The lowest BCUT2D eigenvalue weighted by molar-refractivity contribution is -0.142. The first kappa shape index (κ1) is 21.5. The summed E-state index contributed by atoms with van der Waals surface area (Å²) in [4.78, 5) is 41.4. The van der Waals surface area contributed by atoms with Gasteiger partial charge in [0.2, 0.25) is 11.8 Å². The normalized spacial score (nSPS) is 17.8. The second kappa shape index (κ2) is 10.0. The van der Waals surface area contributed by atoms with Crippen LogP contribution >= 0.6 is 0 Å². The molecule has 1 aromatic carbocycles. The summed E-state index contributed by atoms with van der Waals surface area (Å²) in [6, 6.07) is 6.94. The van der Waals surface area contributed by atoms with Gasteiger partial charge in [-0.15, -0.1) is 0 Å². The van der Waals surface area contributed by atoms with Crippen molar-refractivity contribution in [3.63, 3.8) is 0 Å². The highest BCUT2D eigenvalue weighted by molar-refractivity contribution is 5.92. The molecule has 9 nitrogen and oxygen atoms in total. The topological polar surface area (TPSA) is 125 Å². The molecule has 9 heteroatoms. The molecule has 3 rings (SSSR count). The molecule has 1 aliphatic rings. The lowest BCUT2D eigenvalue weighted by Crippen LogP contribution is -2.55. The molecule has 2 heterocycles. The molecule has 160 valence electrons. The second-order valence-electron chi connectivity index (χ2n) is 7.53. The number of nitrogens with zero attached hydrogens (tertiary/aromatic N) is 2. The number of carboxylic acid groups (broad SMARTS) is 1. The van der Waals surface area contributed by atoms with Gasteiger partial charge < -0.3 is 25.6 Å². The highest BCUT2D eigenvalue weighted by Gasteiger charge is 2.30. The molecule has 1 aromatic heterocycles. The third kappa shape index (κ3) is 5.90. The minimum atomic E-state index is -1.16. The number of aryl methyl sites for hydroxylation is 1. The number of imidazole rings is 1. The molecule has 0 aliphatic carbocycles. The average molecular weight is 413 g/mol. The van der Waals surface area contributed by atoms with Crippen LogP contribution in [0.4, 0.5) is 0 Å². The van der Waals surface area contributed by atoms with Crippen molar-refractivity contribution in [2.45, 2.75) is 43.8 Å². The number of carbonyl (C=O) groups excluding carboxylic acids is 2. The smallest absolute Gasteiger partial charge is 0.326 e. The minimum Gasteiger partial charge on any atom is -0.480 e. The van der Waals surface area contributed by atoms with Crippen molar-refractivity contribution in [1.29, 1.82) is 0 Å². The lowest BCUT2D eigenvalue weighted by Gasteiger charge is -2.23. The lowest BCUT2D eigenvalue weighted by atomic mass is 10.0. The van der Waals surface area contributed by atoms with Gasteiger partial charge in [0.1, 0.15) is 12.1 Å². The molecule has 1 aliphatic heterocycles. The van der Waals surface area contributed by atoms with Crippen molar-refractivity contribution in [1.82, 2.24) is 25.5 Å². The maximum absolute atomic E-state index is 13.0. The zero-order valence-electron chi connectivity index (χ0n) is 16.9. The summed E-state index contributed by atoms with van der Waals surface area (Å²) in [5.74, 6) is -1.94. The number of rotatable bonds is 9. The molecule has 0 saturated carbocycles. The van der Waals surface area contributed by atoms with E-state index in [1.165, 1.54) is 0 Å². The summed E-state index contributed by atoms with van der Waals surface area (Å²) >= 11 is 0. The number of hydrogen-bond acceptors (Lipinski definition) is 5. The SMILES string of the molecule is Cn1cnc(C[C@H](NC(=O)[C@H](Cc2ccccc2)NC(=O)[C@@H]2CCCN2)C(=O)O)c1. The van der Waals surface area contributed by atoms with Gasteiger partial charge in [-0.3, -0.25) is 9.59 Å². The molecule has 1 saturated heterocycles. The van der Waals surface area contributed by atoms with Crippen LogP contribution in [-0.4, -0.2) is 57.1 Å². The Bertz CT molecular complexity index is 877. The van der Waals surface area contributed by atoms with Crippen molar-refractivity contribution >= 4 is 17.8 Å². The zero-order valence-corrected chi connectivity index (χ0v) is 16.9. The Morgan fingerprint density at radius 3 is 2.57 bits per heavy atom. The molecule has 4 N–H and O–H groups in total. The highest BCUT2D eigenvalue weighted by atomic mass is 16.4. The third-order valence-electron chi connectivity index (χ3n) is 5.08. The summed E-state index contributed by atoms with van der Waals surface area (Å²) in [6.45, 7) is 0.763. The van der Waals surface area contributed by atoms with Crippen molar-refractivity contribution in [3.05, 3.63) is 54.1 Å². The molecule has 3 atom stereocenters. The van der Waals surface area contributed by atoms with E-state index in [1.54, 1.807) is 24.1 Å². The molecule has 0 spiro atoms. The van der Waals surface area contributed by atoms with Gasteiger partial charge in [-0.1, -0.05) is 30.3 Å². The van der Waals surface area contributed by atoms with Crippen molar-refractivity contribution in [2.75, 3.05) is 6.54 Å². The zero-order chi connectivity index (χ0) is 21.5. The van der Waals surface area contributed by atoms with Gasteiger partial charge in [-0.25, -0.2) is 9.78 Å². The maximum atomic E-state index is 13.0. The van der Waals surface area contributed by atoms with E-state index in [-0.39, 0.29) is 24.8 Å². The maximum Gasteiger partial charge on any atom is 0.326 e. The molecule has 0 radical (unpaired) electrons. The summed E-state index contributed by atoms with van der Waals surface area (Å²) in [6.07, 6.45) is 5.21. The van der Waals surface area contributed by atoms with Crippen LogP contribution in [0.1, 0.15) is 24.1 Å². The molecule has 1 fully saturated rings. The fourth-order valence-electron chi connectivity index (χ4n) is 3.49. The Balaban J connectivity index is 1.71. The van der Waals surface area contributed by atoms with Crippen LogP contribution in [0.25, 0.3) is 0 Å². The van der Waals surface area contributed by atoms with Crippen LogP contribution < -0.4 is 16.0 Å². The van der Waals surface area contributed by atoms with Gasteiger partial charge in [-0.2, -0.15) is 0 Å². The number of aromatic nitrogens is 2. The molecule has 0 bridgehead atoms. The summed E-state index contributed by atoms with van der Waals surface area (Å²) in [5, 5.41) is 18.0. The number of hydrogen-bond donors (Lipinski definition) is 4. The van der Waals surface area contributed by atoms with E-state index in [0.717, 1.165) is 18.5 Å². The number of aliphatic carboxylic acids is 1. The Morgan fingerprint density at radius 2 is 1.97 bits per heavy atom. The Morgan fingerprint density at radius 1 is 1.20 bits per heavy atom. The molecule has 2 amide bonds. The quantitative estimate of drug-likeness (QED) is 0.459. The van der Waals surface area contributed by atoms with E-state index in [9.17, 15) is 19.5 Å². The molecule has 30 heavy (non-hydrogen) atoms. The van der Waals surface area contributed by atoms with Crippen molar-refractivity contribution < 1.29 is 19.5 Å². The molecule has 2 aromatic rings. The first-order chi connectivity index (χ1) is 14.4. The van der Waals surface area contributed by atoms with Gasteiger partial charge in [0.25, 0.3) is 0 Å². The standard InChI is InChI=1S/C21H27N5O4/c1-26-12-15(23-13-26)11-18(21(29)30)25-20(28)17(10-14-6-3-2-4-7-14)24-19(27)16-8-5-9-22-16/h2-4,6-7,12-13,16-18,22H,5,8-11H2,1H3,(H,24,27)(H,25,28)(H,29,30)/t16-,17-,18-/m0/s1. The number of carboxylic acids is 1. The minimum absolute atomic E-state index is 0.0537. The van der Waals surface area contributed by atoms with Crippen LogP contribution in [0.15, 0.2) is 42.9 Å². The van der Waals surface area contributed by atoms with E-state index in [2.05, 4.69) is 20.9 Å². The average Bonchev–Trinajstić information content (AvgIpc) is 3.39. The molecular formula is C21H27N5O4. The van der Waals surface area contributed by atoms with E-state index in [0.29, 0.717) is 12.1 Å². The predicted octanol–water partition coefficient (Wildman–Crippen LogP) is 0.0115. The Hall–Kier alpha value is -3.20. The molecule has 0 unspecified atom stereocenters. The van der Waals surface area contributed by atoms with Crippen molar-refractivity contribution in [2.24, 2.45) is 7.05 Å². The van der Waals surface area contributed by atoms with Crippen LogP contribution in [0.5, 0.6) is 0 Å². The van der Waals surface area contributed by atoms with Gasteiger partial charge >= 0.3 is 5.97 Å². The van der Waals surface area contributed by atoms with Crippen LogP contribution in [0.3, 0.4) is 0 Å². The predicted molar refractivity (Wildman–Crippen MR) is 110 cm³/mol. The fourth-order valence-corrected chi connectivity index (χ4v) is 3.49. The van der Waals surface area contributed by atoms with Gasteiger partial charge in [0.05, 0.1) is 18.1 Å². The van der Waals surface area contributed by atoms with Crippen LogP contribution in [0.2, 0.25) is 0 Å². The van der Waals surface area contributed by atoms with Crippen LogP contribution in [0, 0.1) is 0 Å². The van der Waals surface area contributed by atoms with Crippen molar-refractivity contribution in [3.8, 4) is 0 Å². The highest BCUT2D eigenvalue weighted by Crippen LogP contribution is 2.09. The van der Waals surface area contributed by atoms with E-state index >= 15 is 0 Å². The monoisotopic (exact) mass is 413 g/mol. The van der Waals surface area contributed by atoms with Gasteiger partial charge in [-0.05, 0) is 24.9 Å². The molecular weight excluding hydrogens is 386 g/mol. The van der Waals surface area contributed by atoms with E-state index in [1.807, 2.05) is 30.3 Å². The number of amides is 2. The summed E-state index contributed by atoms with van der Waals surface area (Å²) in [5.41, 5.74) is 1.43. The first-order valence-electron chi connectivity index (χ1n) is 10.00. The van der Waals surface area contributed by atoms with Gasteiger partial charge in [0, 0.05) is 26.1 Å². The number of nitrogens with one attached hydrogen (secondary N) is 3. The Labute approximate surface area is 174 Å². The Kier molecular flexibility index (Phi) is 7.18. The van der Waals surface area contributed by atoms with Crippen LogP contribution in [-0.2, 0) is 34.3 Å². The summed E-state index contributed by atoms with van der Waals surface area (Å²) < 4.78 is 1.71. The third-order valence-corrected chi connectivity index (χ3v) is 5.08. The van der Waals surface area contributed by atoms with Gasteiger partial charge in [0.15, 0.2) is 0 Å². The second-order valence-corrected chi connectivity index (χ2v) is 7.53. The summed E-state index contributed by atoms with van der Waals surface area (Å²) in [7, 11) is 1.79. The largest absolute Gasteiger partial charge is 0.480 e.